The highest BCUT2D eigenvalue weighted by atomic mass is 79.9. The fourth-order valence-electron chi connectivity index (χ4n) is 1.29. The number of nitrogens with two attached hydrogens (primary N) is 1. The van der Waals surface area contributed by atoms with Gasteiger partial charge in [0, 0.05) is 30.3 Å². The number of phenols is 1. The van der Waals surface area contributed by atoms with E-state index in [2.05, 4.69) is 15.9 Å². The molecule has 0 saturated heterocycles. The molecule has 96 valence electrons. The number of hydrogen-bond donors (Lipinski definition) is 3. The zero-order valence-corrected chi connectivity index (χ0v) is 11.1. The molecule has 0 spiro atoms. The second-order valence-electron chi connectivity index (χ2n) is 3.24. The summed E-state index contributed by atoms with van der Waals surface area (Å²) in [6.07, 6.45) is 0.223. The fraction of sp³-hybridized carbons (Fsp3) is 0.333. The second kappa shape index (κ2) is 6.75. The molecule has 0 saturated carbocycles. The zero-order chi connectivity index (χ0) is 12.3. The van der Waals surface area contributed by atoms with Crippen LogP contribution in [0.4, 0.5) is 5.69 Å². The summed E-state index contributed by atoms with van der Waals surface area (Å²) in [6.45, 7) is -0.152. The molecule has 0 fully saturated rings. The van der Waals surface area contributed by atoms with Gasteiger partial charge in [0.15, 0.2) is 0 Å². The highest BCUT2D eigenvalue weighted by Crippen LogP contribution is 2.35. The minimum Gasteiger partial charge on any atom is -0.506 e. The van der Waals surface area contributed by atoms with Crippen molar-refractivity contribution in [3.05, 3.63) is 32.3 Å². The normalized spacial score (nSPS) is 11.7. The Balaban J connectivity index is 0.00000256. The largest absolute Gasteiger partial charge is 0.506 e. The Labute approximate surface area is 112 Å². The molecule has 8 heteroatoms. The molecule has 1 rings (SSSR count). The molecule has 0 heterocycles. The Kier molecular flexibility index (Phi) is 6.40. The van der Waals surface area contributed by atoms with Crippen LogP contribution in [0.25, 0.3) is 0 Å². The topological polar surface area (TPSA) is 110 Å². The zero-order valence-electron chi connectivity index (χ0n) is 8.67. The molecule has 0 aliphatic carbocycles. The SMILES string of the molecule is Cl.NC(CCO)c1cc([N+](=O)[O-])cc(Br)c1O. The molecule has 6 nitrogen and oxygen atoms in total. The molecule has 0 radical (unpaired) electrons. The summed E-state index contributed by atoms with van der Waals surface area (Å²) in [6, 6.07) is 1.77. The number of benzene rings is 1. The summed E-state index contributed by atoms with van der Waals surface area (Å²) in [4.78, 5) is 10.0. The molecule has 0 aliphatic rings. The Hall–Kier alpha value is -0.890. The lowest BCUT2D eigenvalue weighted by Gasteiger charge is -2.13. The van der Waals surface area contributed by atoms with Crippen molar-refractivity contribution in [1.82, 2.24) is 0 Å². The first kappa shape index (κ1) is 16.1. The number of hydrogen-bond acceptors (Lipinski definition) is 5. The van der Waals surface area contributed by atoms with Gasteiger partial charge in [0.05, 0.1) is 9.40 Å². The molecule has 0 aliphatic heterocycles. The molecule has 1 aromatic carbocycles. The third kappa shape index (κ3) is 3.81. The molecule has 1 aromatic rings. The van der Waals surface area contributed by atoms with Gasteiger partial charge < -0.3 is 15.9 Å². The second-order valence-corrected chi connectivity index (χ2v) is 4.10. The van der Waals surface area contributed by atoms with Crippen LogP contribution in [0.1, 0.15) is 18.0 Å². The predicted octanol–water partition coefficient (Wildman–Crippen LogP) is 1.87. The Bertz CT molecular complexity index is 416. The van der Waals surface area contributed by atoms with Crippen LogP contribution in [0, 0.1) is 10.1 Å². The van der Waals surface area contributed by atoms with E-state index in [0.717, 1.165) is 0 Å². The van der Waals surface area contributed by atoms with Crippen molar-refractivity contribution in [2.45, 2.75) is 12.5 Å². The summed E-state index contributed by atoms with van der Waals surface area (Å²) < 4.78 is 0.213. The van der Waals surface area contributed by atoms with E-state index in [1.54, 1.807) is 0 Å². The smallest absolute Gasteiger partial charge is 0.271 e. The van der Waals surface area contributed by atoms with Gasteiger partial charge in [0.2, 0.25) is 0 Å². The van der Waals surface area contributed by atoms with Crippen LogP contribution >= 0.6 is 28.3 Å². The van der Waals surface area contributed by atoms with Crippen molar-refractivity contribution in [3.63, 3.8) is 0 Å². The van der Waals surface area contributed by atoms with E-state index in [1.807, 2.05) is 0 Å². The minimum atomic E-state index is -0.638. The standard InChI is InChI=1S/C9H11BrN2O4.ClH/c10-7-4-5(12(15)16)3-6(9(7)14)8(11)1-2-13;/h3-4,8,13-14H,1-2,11H2;1H. The lowest BCUT2D eigenvalue weighted by atomic mass is 10.0. The number of aliphatic hydroxyl groups excluding tert-OH is 1. The summed E-state index contributed by atoms with van der Waals surface area (Å²) in [5, 5.41) is 29.0. The molecule has 4 N–H and O–H groups in total. The van der Waals surface area contributed by atoms with Gasteiger partial charge in [-0.05, 0) is 22.4 Å². The maximum atomic E-state index is 10.6. The van der Waals surface area contributed by atoms with Gasteiger partial charge in [-0.15, -0.1) is 12.4 Å². The van der Waals surface area contributed by atoms with Gasteiger partial charge >= 0.3 is 0 Å². The minimum absolute atomic E-state index is 0. The van der Waals surface area contributed by atoms with Crippen molar-refractivity contribution in [2.24, 2.45) is 5.73 Å². The number of halogens is 2. The third-order valence-electron chi connectivity index (χ3n) is 2.13. The van der Waals surface area contributed by atoms with Crippen LogP contribution in [0.5, 0.6) is 5.75 Å². The molecular formula is C9H12BrClN2O4. The summed E-state index contributed by atoms with van der Waals surface area (Å²) in [7, 11) is 0. The number of rotatable bonds is 4. The number of phenolic OH excluding ortho intramolecular Hbond substituents is 1. The number of nitro benzene ring substituents is 1. The molecule has 0 aromatic heterocycles. The maximum Gasteiger partial charge on any atom is 0.271 e. The quantitative estimate of drug-likeness (QED) is 0.577. The summed E-state index contributed by atoms with van der Waals surface area (Å²) in [5.74, 6) is -0.133. The van der Waals surface area contributed by atoms with Gasteiger partial charge in [-0.1, -0.05) is 0 Å². The van der Waals surface area contributed by atoms with Crippen molar-refractivity contribution >= 4 is 34.0 Å². The monoisotopic (exact) mass is 326 g/mol. The van der Waals surface area contributed by atoms with Crippen LogP contribution in [-0.2, 0) is 0 Å². The first-order chi connectivity index (χ1) is 7.47. The summed E-state index contributed by atoms with van der Waals surface area (Å²) in [5.41, 5.74) is 5.77. The fourth-order valence-corrected chi connectivity index (χ4v) is 1.75. The molecular weight excluding hydrogens is 315 g/mol. The van der Waals surface area contributed by atoms with Gasteiger partial charge in [0.1, 0.15) is 5.75 Å². The van der Waals surface area contributed by atoms with Gasteiger partial charge in [0.25, 0.3) is 5.69 Å². The van der Waals surface area contributed by atoms with Crippen LogP contribution in [0.2, 0.25) is 0 Å². The van der Waals surface area contributed by atoms with Crippen molar-refractivity contribution in [3.8, 4) is 5.75 Å². The van der Waals surface area contributed by atoms with E-state index in [4.69, 9.17) is 10.8 Å². The highest BCUT2D eigenvalue weighted by molar-refractivity contribution is 9.10. The molecule has 17 heavy (non-hydrogen) atoms. The number of non-ortho nitro benzene ring substituents is 1. The Morgan fingerprint density at radius 1 is 1.53 bits per heavy atom. The molecule has 0 amide bonds. The number of nitro groups is 1. The van der Waals surface area contributed by atoms with Crippen LogP contribution < -0.4 is 5.73 Å². The maximum absolute atomic E-state index is 10.6. The van der Waals surface area contributed by atoms with Crippen molar-refractivity contribution < 1.29 is 15.1 Å². The van der Waals surface area contributed by atoms with Gasteiger partial charge in [-0.2, -0.15) is 0 Å². The number of nitrogens with zero attached hydrogens (tertiary/aromatic N) is 1. The van der Waals surface area contributed by atoms with Gasteiger partial charge in [-0.25, -0.2) is 0 Å². The van der Waals surface area contributed by atoms with E-state index in [1.165, 1.54) is 12.1 Å². The first-order valence-corrected chi connectivity index (χ1v) is 5.30. The van der Waals surface area contributed by atoms with Gasteiger partial charge in [-0.3, -0.25) is 10.1 Å². The van der Waals surface area contributed by atoms with E-state index in [9.17, 15) is 15.2 Å². The third-order valence-corrected chi connectivity index (χ3v) is 2.73. The molecule has 1 atom stereocenters. The number of aromatic hydroxyl groups is 1. The summed E-state index contributed by atoms with van der Waals surface area (Å²) >= 11 is 3.01. The van der Waals surface area contributed by atoms with E-state index in [0.29, 0.717) is 0 Å². The van der Waals surface area contributed by atoms with E-state index < -0.39 is 11.0 Å². The molecule has 0 bridgehead atoms. The van der Waals surface area contributed by atoms with Crippen LogP contribution in [0.3, 0.4) is 0 Å². The first-order valence-electron chi connectivity index (χ1n) is 4.50. The van der Waals surface area contributed by atoms with Crippen molar-refractivity contribution in [2.75, 3.05) is 6.61 Å². The Morgan fingerprint density at radius 2 is 2.12 bits per heavy atom. The molecule has 1 unspecified atom stereocenters. The average Bonchev–Trinajstić information content (AvgIpc) is 2.21. The number of aliphatic hydroxyl groups is 1. The van der Waals surface area contributed by atoms with Crippen LogP contribution in [-0.4, -0.2) is 21.7 Å². The predicted molar refractivity (Wildman–Crippen MR) is 68.3 cm³/mol. The lowest BCUT2D eigenvalue weighted by Crippen LogP contribution is -2.12. The van der Waals surface area contributed by atoms with E-state index in [-0.39, 0.29) is 46.9 Å². The lowest BCUT2D eigenvalue weighted by molar-refractivity contribution is -0.385. The average molecular weight is 328 g/mol. The Morgan fingerprint density at radius 3 is 2.59 bits per heavy atom. The highest BCUT2D eigenvalue weighted by Gasteiger charge is 2.18. The van der Waals surface area contributed by atoms with E-state index >= 15 is 0 Å². The van der Waals surface area contributed by atoms with Crippen molar-refractivity contribution in [1.29, 1.82) is 0 Å². The van der Waals surface area contributed by atoms with Crippen LogP contribution in [0.15, 0.2) is 16.6 Å².